The fourth-order valence-corrected chi connectivity index (χ4v) is 9.51. The lowest BCUT2D eigenvalue weighted by molar-refractivity contribution is -0.384. The Kier molecular flexibility index (Phi) is 4.88. The summed E-state index contributed by atoms with van der Waals surface area (Å²) in [6, 6.07) is 7.04. The van der Waals surface area contributed by atoms with Crippen molar-refractivity contribution in [2.24, 2.45) is 22.5 Å². The second-order valence-electron chi connectivity index (χ2n) is 10.5. The third kappa shape index (κ3) is 2.99. The maximum atomic E-state index is 14.1. The summed E-state index contributed by atoms with van der Waals surface area (Å²) < 4.78 is 33.5. The van der Waals surface area contributed by atoms with Gasteiger partial charge in [-0.3, -0.25) is 14.9 Å². The molecule has 5 rings (SSSR count). The van der Waals surface area contributed by atoms with Gasteiger partial charge in [-0.25, -0.2) is 12.7 Å². The number of hydrogen-bond acceptors (Lipinski definition) is 8. The fraction of sp³-hybridized carbons (Fsp3) is 0.500. The average molecular weight is 499 g/mol. The molecule has 2 bridgehead atoms. The van der Waals surface area contributed by atoms with Crippen LogP contribution in [0, 0.1) is 38.2 Å². The molecular formula is C24H26N4O6S. The number of fused-ring (bicyclic) bond motifs is 1. The lowest BCUT2D eigenvalue weighted by Gasteiger charge is -2.37. The smallest absolute Gasteiger partial charge is 0.269 e. The molecule has 2 saturated carbocycles. The van der Waals surface area contributed by atoms with Crippen molar-refractivity contribution in [2.45, 2.75) is 52.0 Å². The van der Waals surface area contributed by atoms with Crippen molar-refractivity contribution in [1.82, 2.24) is 4.31 Å². The van der Waals surface area contributed by atoms with Gasteiger partial charge in [0.1, 0.15) is 17.4 Å². The number of nitriles is 1. The highest BCUT2D eigenvalue weighted by atomic mass is 32.2. The molecule has 1 aromatic rings. The highest BCUT2D eigenvalue weighted by Crippen LogP contribution is 2.70. The van der Waals surface area contributed by atoms with E-state index in [1.807, 2.05) is 6.07 Å². The molecule has 35 heavy (non-hydrogen) atoms. The minimum atomic E-state index is -3.94. The number of rotatable bonds is 3. The predicted molar refractivity (Wildman–Crippen MR) is 124 cm³/mol. The van der Waals surface area contributed by atoms with Crippen LogP contribution in [-0.4, -0.2) is 35.3 Å². The summed E-state index contributed by atoms with van der Waals surface area (Å²) in [5.41, 5.74) is 5.13. The molecule has 2 N–H and O–H groups in total. The molecule has 184 valence electrons. The molecule has 1 amide bonds. The summed E-state index contributed by atoms with van der Waals surface area (Å²) >= 11 is 0. The summed E-state index contributed by atoms with van der Waals surface area (Å²) in [4.78, 5) is 24.9. The van der Waals surface area contributed by atoms with Gasteiger partial charge in [0, 0.05) is 17.5 Å². The van der Waals surface area contributed by atoms with Crippen LogP contribution in [0.3, 0.4) is 0 Å². The number of carbonyl (C=O) groups excluding carboxylic acids is 1. The fourth-order valence-electron chi connectivity index (χ4n) is 6.98. The molecule has 2 aliphatic carbocycles. The normalized spacial score (nSPS) is 32.3. The first kappa shape index (κ1) is 23.4. The van der Waals surface area contributed by atoms with Gasteiger partial charge in [-0.15, -0.1) is 0 Å². The van der Waals surface area contributed by atoms with Crippen molar-refractivity contribution in [3.8, 4) is 6.07 Å². The number of nitro benzene ring substituents is 1. The lowest BCUT2D eigenvalue weighted by Crippen LogP contribution is -2.45. The summed E-state index contributed by atoms with van der Waals surface area (Å²) in [6.07, 6.45) is 2.26. The molecule has 1 saturated heterocycles. The topological polar surface area (TPSA) is 157 Å². The van der Waals surface area contributed by atoms with Crippen LogP contribution in [0.15, 0.2) is 47.1 Å². The van der Waals surface area contributed by atoms with Crippen LogP contribution in [0.1, 0.15) is 51.5 Å². The zero-order valence-corrected chi connectivity index (χ0v) is 20.5. The molecule has 2 heterocycles. The highest BCUT2D eigenvalue weighted by molar-refractivity contribution is 7.90. The maximum absolute atomic E-state index is 14.1. The Morgan fingerprint density at radius 1 is 1.37 bits per heavy atom. The van der Waals surface area contributed by atoms with Crippen molar-refractivity contribution in [3.63, 3.8) is 0 Å². The van der Waals surface area contributed by atoms with E-state index in [1.165, 1.54) is 25.1 Å². The van der Waals surface area contributed by atoms with Crippen molar-refractivity contribution < 1.29 is 22.9 Å². The number of hydrogen-bond donors (Lipinski definition) is 1. The first-order valence-electron chi connectivity index (χ1n) is 11.4. The van der Waals surface area contributed by atoms with Gasteiger partial charge in [-0.1, -0.05) is 26.0 Å². The third-order valence-corrected chi connectivity index (χ3v) is 10.8. The van der Waals surface area contributed by atoms with E-state index in [-0.39, 0.29) is 45.2 Å². The molecule has 1 spiro atoms. The van der Waals surface area contributed by atoms with E-state index in [0.717, 1.165) is 17.1 Å². The Bertz CT molecular complexity index is 1390. The molecule has 4 atom stereocenters. The van der Waals surface area contributed by atoms with Crippen LogP contribution in [0.4, 0.5) is 5.69 Å². The summed E-state index contributed by atoms with van der Waals surface area (Å²) in [6.45, 7) is 5.67. The molecule has 3 fully saturated rings. The molecule has 4 aliphatic rings. The zero-order chi connectivity index (χ0) is 25.5. The number of sulfonamides is 1. The zero-order valence-electron chi connectivity index (χ0n) is 19.6. The van der Waals surface area contributed by atoms with Crippen LogP contribution in [0.25, 0.3) is 0 Å². The Hall–Kier alpha value is -3.39. The molecule has 0 aromatic heterocycles. The number of benzene rings is 1. The maximum Gasteiger partial charge on any atom is 0.269 e. The standard InChI is InChI=1S/C24H26N4O6S/c1-13-19(20(17(11-25)21(26)34-13)14-5-4-6-16(9-14)28(30)31)22(29)27-18-10-15-7-8-24(18,23(15,2)3)12-35(27,32)33/h4-6,9,15,18,20H,7-8,10,12,26H2,1-3H3/t15-,18-,20-,24-/m1/s1. The van der Waals surface area contributed by atoms with Gasteiger partial charge >= 0.3 is 0 Å². The minimum Gasteiger partial charge on any atom is -0.445 e. The summed E-state index contributed by atoms with van der Waals surface area (Å²) in [7, 11) is -3.94. The molecule has 1 aromatic carbocycles. The van der Waals surface area contributed by atoms with Gasteiger partial charge in [0.05, 0.1) is 28.2 Å². The Morgan fingerprint density at radius 2 is 2.09 bits per heavy atom. The lowest BCUT2D eigenvalue weighted by atomic mass is 9.69. The van der Waals surface area contributed by atoms with Gasteiger partial charge in [0.15, 0.2) is 0 Å². The number of allylic oxidation sites excluding steroid dienone is 2. The largest absolute Gasteiger partial charge is 0.445 e. The average Bonchev–Trinajstić information content (AvgIpc) is 3.26. The quantitative estimate of drug-likeness (QED) is 0.492. The van der Waals surface area contributed by atoms with E-state index in [2.05, 4.69) is 13.8 Å². The van der Waals surface area contributed by atoms with E-state index in [4.69, 9.17) is 10.5 Å². The highest BCUT2D eigenvalue weighted by Gasteiger charge is 2.72. The second kappa shape index (κ2) is 7.31. The van der Waals surface area contributed by atoms with Crippen molar-refractivity contribution in [2.75, 3.05) is 5.75 Å². The summed E-state index contributed by atoms with van der Waals surface area (Å²) in [5, 5.41) is 21.3. The number of carbonyl (C=O) groups is 1. The minimum absolute atomic E-state index is 0.0440. The van der Waals surface area contributed by atoms with Crippen LogP contribution in [-0.2, 0) is 19.6 Å². The number of nitrogens with two attached hydrogens (primary N) is 1. The van der Waals surface area contributed by atoms with Crippen molar-refractivity contribution >= 4 is 21.6 Å². The third-order valence-electron chi connectivity index (χ3n) is 8.86. The predicted octanol–water partition coefficient (Wildman–Crippen LogP) is 3.04. The Labute approximate surface area is 203 Å². The van der Waals surface area contributed by atoms with Crippen LogP contribution in [0.2, 0.25) is 0 Å². The van der Waals surface area contributed by atoms with E-state index in [0.29, 0.717) is 12.3 Å². The van der Waals surface area contributed by atoms with Gasteiger partial charge in [-0.2, -0.15) is 5.26 Å². The Morgan fingerprint density at radius 3 is 2.71 bits per heavy atom. The SMILES string of the molecule is CC1=C(C(=O)N2[C@@H]3C[C@H]4CC[C@]3(CS2(=O)=O)C4(C)C)[C@H](c2cccc([N+](=O)[O-])c2)C(C#N)=C(N)O1. The van der Waals surface area contributed by atoms with E-state index >= 15 is 0 Å². The number of nitro groups is 1. The van der Waals surface area contributed by atoms with E-state index in [1.54, 1.807) is 6.07 Å². The first-order valence-corrected chi connectivity index (χ1v) is 13.1. The molecule has 11 heteroatoms. The van der Waals surface area contributed by atoms with Crippen molar-refractivity contribution in [1.29, 1.82) is 5.26 Å². The van der Waals surface area contributed by atoms with Gasteiger partial charge in [-0.05, 0) is 43.1 Å². The number of ether oxygens (including phenoxy) is 1. The van der Waals surface area contributed by atoms with Crippen LogP contribution >= 0.6 is 0 Å². The van der Waals surface area contributed by atoms with Crippen LogP contribution in [0.5, 0.6) is 0 Å². The Balaban J connectivity index is 1.65. The molecular weight excluding hydrogens is 472 g/mol. The molecule has 0 unspecified atom stereocenters. The monoisotopic (exact) mass is 498 g/mol. The molecule has 10 nitrogen and oxygen atoms in total. The van der Waals surface area contributed by atoms with Crippen LogP contribution < -0.4 is 5.73 Å². The first-order chi connectivity index (χ1) is 16.4. The number of nitrogens with zero attached hydrogens (tertiary/aromatic N) is 3. The van der Waals surface area contributed by atoms with Crippen molar-refractivity contribution in [3.05, 3.63) is 62.7 Å². The molecule has 0 radical (unpaired) electrons. The van der Waals surface area contributed by atoms with Gasteiger partial charge < -0.3 is 10.5 Å². The second-order valence-corrected chi connectivity index (χ2v) is 12.3. The molecule has 2 aliphatic heterocycles. The summed E-state index contributed by atoms with van der Waals surface area (Å²) in [5.74, 6) is -1.79. The number of non-ortho nitro benzene ring substituents is 1. The van der Waals surface area contributed by atoms with Gasteiger partial charge in [0.25, 0.3) is 11.6 Å². The van der Waals surface area contributed by atoms with E-state index in [9.17, 15) is 28.6 Å². The van der Waals surface area contributed by atoms with E-state index < -0.39 is 38.2 Å². The number of amides is 1. The van der Waals surface area contributed by atoms with Gasteiger partial charge in [0.2, 0.25) is 15.9 Å².